The number of nitrogen functional groups attached to an aromatic ring is 2. The van der Waals surface area contributed by atoms with Gasteiger partial charge in [-0.1, -0.05) is 99.5 Å². The van der Waals surface area contributed by atoms with Gasteiger partial charge in [-0.15, -0.1) is 0 Å². The van der Waals surface area contributed by atoms with E-state index in [9.17, 15) is 30.3 Å². The Labute approximate surface area is 501 Å². The number of anilines is 2. The van der Waals surface area contributed by atoms with E-state index in [1.54, 1.807) is 42.5 Å². The first-order valence-corrected chi connectivity index (χ1v) is 33.0. The highest BCUT2D eigenvalue weighted by atomic mass is 35.5. The summed E-state index contributed by atoms with van der Waals surface area (Å²) in [6.45, 7) is 25.3. The molecule has 0 bridgehead atoms. The number of nitro benzene ring substituents is 3. The van der Waals surface area contributed by atoms with Crippen molar-refractivity contribution < 1.29 is 57.9 Å². The van der Waals surface area contributed by atoms with Crippen molar-refractivity contribution in [1.82, 2.24) is 0 Å². The quantitative estimate of drug-likeness (QED) is 0.0133. The molecule has 7 N–H and O–H groups in total. The average molecular weight is 1270 g/mol. The normalized spacial score (nSPS) is 11.2. The summed E-state index contributed by atoms with van der Waals surface area (Å²) in [5, 5.41) is 60.2. The van der Waals surface area contributed by atoms with Crippen molar-refractivity contribution in [3.05, 3.63) is 146 Å². The third kappa shape index (κ3) is 28.4. The van der Waals surface area contributed by atoms with Crippen LogP contribution in [0.5, 0.6) is 28.7 Å². The Morgan fingerprint density at radius 1 is 0.444 bits per heavy atom. The van der Waals surface area contributed by atoms with Gasteiger partial charge in [0.1, 0.15) is 11.5 Å². The molecular formula is C54H76Cl5N5O15Si2. The number of aliphatic hydroxyl groups excluding tert-OH is 2. The highest BCUT2D eigenvalue weighted by Crippen LogP contribution is 2.38. The molecule has 0 fully saturated rings. The molecule has 0 saturated heterocycles. The first kappa shape index (κ1) is 73.6. The van der Waals surface area contributed by atoms with Gasteiger partial charge >= 0.3 is 17.1 Å². The zero-order valence-electron chi connectivity index (χ0n) is 47.3. The van der Waals surface area contributed by atoms with Crippen molar-refractivity contribution in [3.8, 4) is 28.7 Å². The number of phenolic OH excluding ortho intramolecular Hbond substituents is 1. The molecule has 0 atom stereocenters. The van der Waals surface area contributed by atoms with E-state index in [0.717, 1.165) is 19.1 Å². The minimum Gasteiger partial charge on any atom is -0.502 e. The van der Waals surface area contributed by atoms with Gasteiger partial charge in [-0.05, 0) is 109 Å². The predicted octanol–water partition coefficient (Wildman–Crippen LogP) is 15.4. The predicted molar refractivity (Wildman–Crippen MR) is 329 cm³/mol. The lowest BCUT2D eigenvalue weighted by Gasteiger charge is -2.36. The number of ether oxygens (including phenoxy) is 4. The molecule has 27 heteroatoms. The van der Waals surface area contributed by atoms with Gasteiger partial charge in [-0.25, -0.2) is 0 Å². The number of nitrogens with zero attached hydrogens (tertiary/aromatic N) is 3. The number of hydrogen-bond donors (Lipinski definition) is 5. The summed E-state index contributed by atoms with van der Waals surface area (Å²) in [4.78, 5) is 30.0. The number of aromatic hydroxyl groups is 1. The van der Waals surface area contributed by atoms with E-state index < -0.39 is 31.4 Å². The van der Waals surface area contributed by atoms with Crippen LogP contribution >= 0.6 is 58.0 Å². The van der Waals surface area contributed by atoms with Gasteiger partial charge in [-0.2, -0.15) is 0 Å². The van der Waals surface area contributed by atoms with E-state index in [1.807, 2.05) is 0 Å². The number of rotatable bonds is 23. The molecule has 20 nitrogen and oxygen atoms in total. The lowest BCUT2D eigenvalue weighted by atomic mass is 10.2. The minimum atomic E-state index is -1.75. The molecule has 0 aliphatic rings. The largest absolute Gasteiger partial charge is 0.502 e. The van der Waals surface area contributed by atoms with Crippen molar-refractivity contribution in [1.29, 1.82) is 0 Å². The SMILES string of the molecule is CC(C)(C)[Si](C)(C)OCCCOc1ccc(Cl)cc1N.CC(C)(C)[Si](C)(C)OCCCOc1ccc(Cl)cc1[N+](=O)[O-].Nc1cc(Cl)ccc1OCCCO.O=[N+]([O-])c1cc(Cl)ccc1O.O=[N+]([O-])c1cc(Cl)ccc1OCCCO. The number of phenols is 1. The molecular weight excluding hydrogens is 1190 g/mol. The van der Waals surface area contributed by atoms with Crippen LogP contribution in [0.15, 0.2) is 91.0 Å². The summed E-state index contributed by atoms with van der Waals surface area (Å²) in [6, 6.07) is 22.6. The average Bonchev–Trinajstić information content (AvgIpc) is 3.39. The van der Waals surface area contributed by atoms with Crippen LogP contribution < -0.4 is 30.4 Å². The Morgan fingerprint density at radius 2 is 0.716 bits per heavy atom. The van der Waals surface area contributed by atoms with Crippen LogP contribution in [0.4, 0.5) is 28.4 Å². The molecule has 0 aliphatic carbocycles. The summed E-state index contributed by atoms with van der Waals surface area (Å²) in [5.74, 6) is 1.32. The van der Waals surface area contributed by atoms with Gasteiger partial charge in [0.15, 0.2) is 33.9 Å². The second-order valence-electron chi connectivity index (χ2n) is 20.5. The van der Waals surface area contributed by atoms with Crippen molar-refractivity contribution >= 4 is 103 Å². The van der Waals surface area contributed by atoms with Gasteiger partial charge in [0.05, 0.1) is 52.6 Å². The Hall–Kier alpha value is -5.38. The van der Waals surface area contributed by atoms with Crippen molar-refractivity contribution in [3.63, 3.8) is 0 Å². The van der Waals surface area contributed by atoms with Gasteiger partial charge in [-0.3, -0.25) is 30.3 Å². The first-order valence-electron chi connectivity index (χ1n) is 25.3. The molecule has 5 rings (SSSR count). The van der Waals surface area contributed by atoms with E-state index in [4.69, 9.17) is 113 Å². The van der Waals surface area contributed by atoms with Gasteiger partial charge < -0.3 is 54.6 Å². The number of halogens is 5. The molecule has 0 unspecified atom stereocenters. The van der Waals surface area contributed by atoms with Crippen LogP contribution in [0.2, 0.25) is 61.4 Å². The number of benzene rings is 5. The number of nitro groups is 3. The van der Waals surface area contributed by atoms with E-state index >= 15 is 0 Å². The Bertz CT molecular complexity index is 2750. The molecule has 0 saturated carbocycles. The van der Waals surface area contributed by atoms with Crippen LogP contribution in [0.1, 0.15) is 67.2 Å². The Balaban J connectivity index is 0.000000517. The van der Waals surface area contributed by atoms with Crippen molar-refractivity contribution in [2.24, 2.45) is 0 Å². The lowest BCUT2D eigenvalue weighted by Crippen LogP contribution is -2.41. The van der Waals surface area contributed by atoms with Gasteiger partial charge in [0.2, 0.25) is 0 Å². The van der Waals surface area contributed by atoms with Crippen LogP contribution in [0.25, 0.3) is 0 Å². The number of hydrogen-bond acceptors (Lipinski definition) is 17. The van der Waals surface area contributed by atoms with Crippen molar-refractivity contribution in [2.75, 3.05) is 64.3 Å². The van der Waals surface area contributed by atoms with Crippen LogP contribution in [-0.4, -0.2) is 99.6 Å². The van der Waals surface area contributed by atoms with E-state index in [-0.39, 0.29) is 74.3 Å². The number of aliphatic hydroxyl groups is 2. The molecule has 5 aromatic rings. The lowest BCUT2D eigenvalue weighted by molar-refractivity contribution is -0.386. The summed E-state index contributed by atoms with van der Waals surface area (Å²) < 4.78 is 33.7. The van der Waals surface area contributed by atoms with E-state index in [2.05, 4.69) is 67.7 Å². The molecule has 0 heterocycles. The van der Waals surface area contributed by atoms with E-state index in [0.29, 0.717) is 83.6 Å². The smallest absolute Gasteiger partial charge is 0.312 e. The maximum absolute atomic E-state index is 11.0. The molecule has 450 valence electrons. The summed E-state index contributed by atoms with van der Waals surface area (Å²) in [6.07, 6.45) is 2.57. The first-order chi connectivity index (χ1) is 37.7. The molecule has 0 radical (unpaired) electrons. The second kappa shape index (κ2) is 36.3. The fourth-order valence-corrected chi connectivity index (χ4v) is 8.55. The highest BCUT2D eigenvalue weighted by Gasteiger charge is 2.37. The minimum absolute atomic E-state index is 0.0125. The molecule has 81 heavy (non-hydrogen) atoms. The molecule has 0 aliphatic heterocycles. The van der Waals surface area contributed by atoms with Crippen LogP contribution in [-0.2, 0) is 8.85 Å². The van der Waals surface area contributed by atoms with Gasteiger partial charge in [0, 0.05) is 95.4 Å². The Morgan fingerprint density at radius 3 is 1.00 bits per heavy atom. The zero-order chi connectivity index (χ0) is 61.7. The van der Waals surface area contributed by atoms with Gasteiger partial charge in [0.25, 0.3) is 0 Å². The van der Waals surface area contributed by atoms with Crippen LogP contribution in [0.3, 0.4) is 0 Å². The maximum Gasteiger partial charge on any atom is 0.312 e. The van der Waals surface area contributed by atoms with Crippen LogP contribution in [0, 0.1) is 30.3 Å². The molecule has 5 aromatic carbocycles. The summed E-state index contributed by atoms with van der Waals surface area (Å²) in [7, 11) is -3.40. The zero-order valence-corrected chi connectivity index (χ0v) is 53.1. The molecule has 0 spiro atoms. The second-order valence-corrected chi connectivity index (χ2v) is 32.3. The third-order valence-corrected chi connectivity index (χ3v) is 22.3. The molecule has 0 amide bonds. The third-order valence-electron chi connectivity index (χ3n) is 12.1. The van der Waals surface area contributed by atoms with E-state index in [1.165, 1.54) is 42.5 Å². The molecule has 0 aromatic heterocycles. The monoisotopic (exact) mass is 1270 g/mol. The highest BCUT2D eigenvalue weighted by molar-refractivity contribution is 6.74. The standard InChI is InChI=1S/C15H24ClNO4Si.C15H26ClNO2Si.C9H10ClNO4.C9H12ClNO2.C6H4ClNO3/c1-15(2,3)22(4,5)21-10-6-9-20-14-8-7-12(16)11-13(14)17(18)19;1-15(2,3)20(4,5)19-10-6-9-18-14-8-7-12(16)11-13(14)17;10-7-2-3-9(15-5-1-4-12)8(6-7)11(13)14;10-7-2-3-9(8(11)6-7)13-5-1-4-12;7-4-1-2-6(9)5(3-4)8(10)11/h7-8,11H,6,9-10H2,1-5H3;7-8,11H,6,9-10,17H2,1-5H3;2-3,6,12H,1,4-5H2;2-3,6,12H,1,4-5,11H2;1-3,9H. The Kier molecular flexibility index (Phi) is 33.0. The fourth-order valence-electron chi connectivity index (χ4n) is 5.52. The maximum atomic E-state index is 11.0. The summed E-state index contributed by atoms with van der Waals surface area (Å²) >= 11 is 28.4. The summed E-state index contributed by atoms with van der Waals surface area (Å²) in [5.41, 5.74) is 11.9. The van der Waals surface area contributed by atoms with Crippen molar-refractivity contribution in [2.45, 2.75) is 103 Å². The number of nitrogens with two attached hydrogens (primary N) is 2. The topological polar surface area (TPSA) is 298 Å². The fraction of sp³-hybridized carbons (Fsp3) is 0.444.